The maximum absolute atomic E-state index is 14.0. The SMILES string of the molecule is O=C1Nc2cc(N3CC(O)C(O)C3)c(F)cc2C1=O. The molecule has 1 amide bonds. The Labute approximate surface area is 107 Å². The quantitative estimate of drug-likeness (QED) is 0.596. The molecule has 0 radical (unpaired) electrons. The fourth-order valence-corrected chi connectivity index (χ4v) is 2.36. The summed E-state index contributed by atoms with van der Waals surface area (Å²) in [6, 6.07) is 2.35. The Morgan fingerprint density at radius 1 is 1.21 bits per heavy atom. The second kappa shape index (κ2) is 4.01. The van der Waals surface area contributed by atoms with E-state index in [1.807, 2.05) is 0 Å². The number of hydrogen-bond donors (Lipinski definition) is 3. The van der Waals surface area contributed by atoms with E-state index in [2.05, 4.69) is 5.32 Å². The summed E-state index contributed by atoms with van der Waals surface area (Å²) in [4.78, 5) is 24.1. The van der Waals surface area contributed by atoms with Crippen LogP contribution in [0.4, 0.5) is 15.8 Å². The van der Waals surface area contributed by atoms with Crippen LogP contribution in [-0.2, 0) is 4.79 Å². The van der Waals surface area contributed by atoms with Gasteiger partial charge in [-0.15, -0.1) is 0 Å². The van der Waals surface area contributed by atoms with Crippen LogP contribution in [0.25, 0.3) is 0 Å². The summed E-state index contributed by atoms with van der Waals surface area (Å²) < 4.78 is 14.0. The van der Waals surface area contributed by atoms with Crippen LogP contribution >= 0.6 is 0 Å². The maximum Gasteiger partial charge on any atom is 0.296 e. The molecule has 19 heavy (non-hydrogen) atoms. The summed E-state index contributed by atoms with van der Waals surface area (Å²) in [6.45, 7) is 0.192. The molecule has 2 atom stereocenters. The van der Waals surface area contributed by atoms with E-state index in [1.165, 1.54) is 11.0 Å². The molecule has 2 heterocycles. The summed E-state index contributed by atoms with van der Waals surface area (Å²) in [6.07, 6.45) is -1.88. The van der Waals surface area contributed by atoms with Gasteiger partial charge in [-0.05, 0) is 12.1 Å². The topological polar surface area (TPSA) is 89.9 Å². The maximum atomic E-state index is 14.0. The zero-order chi connectivity index (χ0) is 13.7. The molecule has 2 aliphatic heterocycles. The fraction of sp³-hybridized carbons (Fsp3) is 0.333. The highest BCUT2D eigenvalue weighted by molar-refractivity contribution is 6.51. The molecule has 0 aromatic heterocycles. The van der Waals surface area contributed by atoms with Gasteiger partial charge in [0.1, 0.15) is 5.82 Å². The molecular formula is C12H11FN2O4. The van der Waals surface area contributed by atoms with Gasteiger partial charge in [-0.25, -0.2) is 4.39 Å². The number of benzene rings is 1. The highest BCUT2D eigenvalue weighted by atomic mass is 19.1. The number of Topliss-reactive ketones (excluding diaryl/α,β-unsaturated/α-hetero) is 1. The van der Waals surface area contributed by atoms with Crippen LogP contribution in [0.1, 0.15) is 10.4 Å². The molecule has 0 bridgehead atoms. The Kier molecular flexibility index (Phi) is 2.54. The molecule has 1 saturated heterocycles. The summed E-state index contributed by atoms with van der Waals surface area (Å²) in [7, 11) is 0. The minimum atomic E-state index is -0.941. The van der Waals surface area contributed by atoms with Gasteiger partial charge in [0.15, 0.2) is 0 Å². The average molecular weight is 266 g/mol. The number of aliphatic hydroxyl groups excluding tert-OH is 2. The molecule has 0 spiro atoms. The molecule has 0 aliphatic carbocycles. The largest absolute Gasteiger partial charge is 0.389 e. The number of nitrogens with one attached hydrogen (secondary N) is 1. The van der Waals surface area contributed by atoms with Crippen molar-refractivity contribution < 1.29 is 24.2 Å². The molecule has 1 fully saturated rings. The van der Waals surface area contributed by atoms with E-state index >= 15 is 0 Å². The van der Waals surface area contributed by atoms with E-state index in [4.69, 9.17) is 0 Å². The summed E-state index contributed by atoms with van der Waals surface area (Å²) >= 11 is 0. The first-order chi connectivity index (χ1) is 8.97. The van der Waals surface area contributed by atoms with Gasteiger partial charge in [-0.1, -0.05) is 0 Å². The van der Waals surface area contributed by atoms with Gasteiger partial charge >= 0.3 is 0 Å². The van der Waals surface area contributed by atoms with Crippen LogP contribution in [0.3, 0.4) is 0 Å². The Morgan fingerprint density at radius 3 is 2.47 bits per heavy atom. The van der Waals surface area contributed by atoms with Crippen LogP contribution in [0.5, 0.6) is 0 Å². The standard InChI is InChI=1S/C12H11FN2O4/c13-6-1-5-7(14-12(19)11(5)18)2-8(6)15-3-9(16)10(17)4-15/h1-2,9-10,16-17H,3-4H2,(H,14,18,19). The molecule has 2 unspecified atom stereocenters. The number of nitrogens with zero attached hydrogens (tertiary/aromatic N) is 1. The van der Waals surface area contributed by atoms with Gasteiger partial charge in [0.05, 0.1) is 29.1 Å². The van der Waals surface area contributed by atoms with Crippen molar-refractivity contribution in [1.29, 1.82) is 0 Å². The van der Waals surface area contributed by atoms with Crippen molar-refractivity contribution in [3.63, 3.8) is 0 Å². The highest BCUT2D eigenvalue weighted by Gasteiger charge is 2.34. The number of fused-ring (bicyclic) bond motifs is 1. The average Bonchev–Trinajstić information content (AvgIpc) is 2.82. The Morgan fingerprint density at radius 2 is 1.84 bits per heavy atom. The lowest BCUT2D eigenvalue weighted by Gasteiger charge is -2.19. The van der Waals surface area contributed by atoms with Gasteiger partial charge in [-0.3, -0.25) is 9.59 Å². The van der Waals surface area contributed by atoms with Crippen molar-refractivity contribution in [2.24, 2.45) is 0 Å². The molecule has 1 aromatic carbocycles. The van der Waals surface area contributed by atoms with E-state index in [-0.39, 0.29) is 30.0 Å². The van der Waals surface area contributed by atoms with Crippen LogP contribution in [-0.4, -0.2) is 47.2 Å². The van der Waals surface area contributed by atoms with E-state index in [0.717, 1.165) is 6.07 Å². The zero-order valence-corrected chi connectivity index (χ0v) is 9.76. The lowest BCUT2D eigenvalue weighted by Crippen LogP contribution is -2.22. The molecule has 7 heteroatoms. The van der Waals surface area contributed by atoms with Crippen molar-refractivity contribution in [3.8, 4) is 0 Å². The Balaban J connectivity index is 1.99. The number of hydrogen-bond acceptors (Lipinski definition) is 5. The molecule has 2 aliphatic rings. The number of halogens is 1. The molecule has 100 valence electrons. The second-order valence-electron chi connectivity index (χ2n) is 4.67. The van der Waals surface area contributed by atoms with Crippen molar-refractivity contribution in [2.75, 3.05) is 23.3 Å². The predicted molar refractivity (Wildman–Crippen MR) is 63.6 cm³/mol. The van der Waals surface area contributed by atoms with Crippen molar-refractivity contribution in [3.05, 3.63) is 23.5 Å². The van der Waals surface area contributed by atoms with Crippen molar-refractivity contribution in [2.45, 2.75) is 12.2 Å². The third-order valence-electron chi connectivity index (χ3n) is 3.39. The summed E-state index contributed by atoms with van der Waals surface area (Å²) in [5.41, 5.74) is 0.401. The number of ketones is 1. The van der Waals surface area contributed by atoms with E-state index in [0.29, 0.717) is 0 Å². The monoisotopic (exact) mass is 266 g/mol. The van der Waals surface area contributed by atoms with E-state index < -0.39 is 29.7 Å². The van der Waals surface area contributed by atoms with Crippen molar-refractivity contribution in [1.82, 2.24) is 0 Å². The number of rotatable bonds is 1. The molecule has 3 N–H and O–H groups in total. The number of carbonyl (C=O) groups is 2. The van der Waals surface area contributed by atoms with Crippen LogP contribution in [0.2, 0.25) is 0 Å². The fourth-order valence-electron chi connectivity index (χ4n) is 2.36. The number of β-amino-alcohol motifs (C(OH)–C–C–N with tert-alkyl or cyclic N) is 2. The van der Waals surface area contributed by atoms with Gasteiger partial charge in [0.25, 0.3) is 11.7 Å². The number of carbonyl (C=O) groups excluding carboxylic acids is 2. The van der Waals surface area contributed by atoms with Crippen LogP contribution in [0.15, 0.2) is 12.1 Å². The Hall–Kier alpha value is -1.99. The first-order valence-corrected chi connectivity index (χ1v) is 5.77. The summed E-state index contributed by atoms with van der Waals surface area (Å²) in [5, 5.41) is 21.3. The Bertz CT molecular complexity index is 579. The lowest BCUT2D eigenvalue weighted by molar-refractivity contribution is -0.112. The number of anilines is 2. The van der Waals surface area contributed by atoms with Crippen LogP contribution < -0.4 is 10.2 Å². The van der Waals surface area contributed by atoms with Crippen LogP contribution in [0, 0.1) is 5.82 Å². The van der Waals surface area contributed by atoms with Gasteiger partial charge < -0.3 is 20.4 Å². The van der Waals surface area contributed by atoms with Gasteiger partial charge in [0.2, 0.25) is 0 Å². The van der Waals surface area contributed by atoms with Gasteiger partial charge in [0, 0.05) is 13.1 Å². The molecule has 6 nitrogen and oxygen atoms in total. The predicted octanol–water partition coefficient (Wildman–Crippen LogP) is -0.498. The molecule has 0 saturated carbocycles. The molecule has 3 rings (SSSR count). The number of aliphatic hydroxyl groups is 2. The smallest absolute Gasteiger partial charge is 0.296 e. The first kappa shape index (κ1) is 12.1. The van der Waals surface area contributed by atoms with E-state index in [1.54, 1.807) is 0 Å². The number of amides is 1. The highest BCUT2D eigenvalue weighted by Crippen LogP contribution is 2.32. The second-order valence-corrected chi connectivity index (χ2v) is 4.67. The summed E-state index contributed by atoms with van der Waals surface area (Å²) in [5.74, 6) is -2.21. The minimum Gasteiger partial charge on any atom is -0.389 e. The lowest BCUT2D eigenvalue weighted by atomic mass is 10.1. The van der Waals surface area contributed by atoms with Crippen molar-refractivity contribution >= 4 is 23.1 Å². The zero-order valence-electron chi connectivity index (χ0n) is 9.76. The minimum absolute atomic E-state index is 0.00606. The molecular weight excluding hydrogens is 255 g/mol. The first-order valence-electron chi connectivity index (χ1n) is 5.77. The van der Waals surface area contributed by atoms with Gasteiger partial charge in [-0.2, -0.15) is 0 Å². The third kappa shape index (κ3) is 1.78. The normalized spacial score (nSPS) is 25.7. The van der Waals surface area contributed by atoms with E-state index in [9.17, 15) is 24.2 Å². The third-order valence-corrected chi connectivity index (χ3v) is 3.39. The molecule has 1 aromatic rings.